The topological polar surface area (TPSA) is 37.3 Å². The van der Waals surface area contributed by atoms with Crippen LogP contribution >= 0.6 is 15.9 Å². The second kappa shape index (κ2) is 3.05. The molecule has 2 saturated carbocycles. The van der Waals surface area contributed by atoms with Crippen molar-refractivity contribution < 1.29 is 9.90 Å². The number of fused-ring (bicyclic) bond motifs is 2. The Bertz CT molecular complexity index is 274. The Morgan fingerprint density at radius 1 is 1.64 bits per heavy atom. The van der Waals surface area contributed by atoms with Gasteiger partial charge in [0.25, 0.3) is 0 Å². The SMILES string of the molecule is CC1(C)C2CCC1(C(O)CBr)C(=O)C2. The molecule has 0 spiro atoms. The number of rotatable bonds is 2. The van der Waals surface area contributed by atoms with Crippen LogP contribution in [0.3, 0.4) is 0 Å². The van der Waals surface area contributed by atoms with Gasteiger partial charge in [-0.15, -0.1) is 0 Å². The minimum atomic E-state index is -0.516. The fraction of sp³-hybridized carbons (Fsp3) is 0.909. The normalized spacial score (nSPS) is 41.7. The van der Waals surface area contributed by atoms with Crippen LogP contribution in [0.25, 0.3) is 0 Å². The molecule has 14 heavy (non-hydrogen) atoms. The number of alkyl halides is 1. The van der Waals surface area contributed by atoms with E-state index in [9.17, 15) is 9.90 Å². The fourth-order valence-corrected chi connectivity index (χ4v) is 4.18. The second-order valence-electron chi connectivity index (χ2n) is 5.23. The quantitative estimate of drug-likeness (QED) is 0.773. The zero-order chi connectivity index (χ0) is 10.6. The maximum absolute atomic E-state index is 12.0. The Balaban J connectivity index is 2.44. The first-order chi connectivity index (χ1) is 6.46. The average molecular weight is 261 g/mol. The monoisotopic (exact) mass is 260 g/mol. The maximum atomic E-state index is 12.0. The molecule has 0 saturated heterocycles. The molecule has 0 aromatic heterocycles. The minimum Gasteiger partial charge on any atom is -0.391 e. The van der Waals surface area contributed by atoms with Crippen LogP contribution in [0, 0.1) is 16.7 Å². The van der Waals surface area contributed by atoms with Gasteiger partial charge in [-0.1, -0.05) is 29.8 Å². The highest BCUT2D eigenvalue weighted by molar-refractivity contribution is 9.09. The number of hydrogen-bond donors (Lipinski definition) is 1. The van der Waals surface area contributed by atoms with Crippen LogP contribution in [0.5, 0.6) is 0 Å². The van der Waals surface area contributed by atoms with Crippen molar-refractivity contribution in [2.24, 2.45) is 16.7 Å². The van der Waals surface area contributed by atoms with Gasteiger partial charge in [-0.3, -0.25) is 4.79 Å². The number of hydrogen-bond acceptors (Lipinski definition) is 2. The van der Waals surface area contributed by atoms with Gasteiger partial charge in [-0.2, -0.15) is 0 Å². The molecule has 2 aliphatic rings. The molecular formula is C11H17BrO2. The van der Waals surface area contributed by atoms with Crippen molar-refractivity contribution in [2.45, 2.75) is 39.2 Å². The van der Waals surface area contributed by atoms with E-state index in [0.717, 1.165) is 12.8 Å². The van der Waals surface area contributed by atoms with E-state index >= 15 is 0 Å². The first kappa shape index (κ1) is 10.6. The third-order valence-electron chi connectivity index (χ3n) is 4.70. The molecule has 0 aliphatic heterocycles. The zero-order valence-corrected chi connectivity index (χ0v) is 10.3. The van der Waals surface area contributed by atoms with E-state index in [-0.39, 0.29) is 11.2 Å². The van der Waals surface area contributed by atoms with Gasteiger partial charge in [-0.05, 0) is 24.2 Å². The van der Waals surface area contributed by atoms with Crippen LogP contribution in [0.4, 0.5) is 0 Å². The third-order valence-corrected chi connectivity index (χ3v) is 5.32. The highest BCUT2D eigenvalue weighted by Crippen LogP contribution is 2.65. The summed E-state index contributed by atoms with van der Waals surface area (Å²) in [6.07, 6.45) is 2.13. The van der Waals surface area contributed by atoms with Crippen LogP contribution in [0.1, 0.15) is 33.1 Å². The molecule has 0 radical (unpaired) electrons. The molecule has 1 N–H and O–H groups in total. The van der Waals surface area contributed by atoms with Crippen molar-refractivity contribution in [1.82, 2.24) is 0 Å². The summed E-state index contributed by atoms with van der Waals surface area (Å²) in [6.45, 7) is 4.28. The predicted molar refractivity (Wildman–Crippen MR) is 58.4 cm³/mol. The van der Waals surface area contributed by atoms with Gasteiger partial charge in [0.1, 0.15) is 5.78 Å². The molecule has 2 bridgehead atoms. The minimum absolute atomic E-state index is 0.0166. The number of aliphatic hydroxyl groups is 1. The second-order valence-corrected chi connectivity index (χ2v) is 5.87. The Labute approximate surface area is 93.2 Å². The first-order valence-electron chi connectivity index (χ1n) is 5.24. The third kappa shape index (κ3) is 0.977. The highest BCUT2D eigenvalue weighted by Gasteiger charge is 2.66. The summed E-state index contributed by atoms with van der Waals surface area (Å²) in [5, 5.41) is 10.6. The smallest absolute Gasteiger partial charge is 0.142 e. The summed E-state index contributed by atoms with van der Waals surface area (Å²) in [5.41, 5.74) is -0.474. The molecule has 3 heteroatoms. The summed E-state index contributed by atoms with van der Waals surface area (Å²) in [5.74, 6) is 0.773. The summed E-state index contributed by atoms with van der Waals surface area (Å²) in [6, 6.07) is 0. The van der Waals surface area contributed by atoms with Crippen molar-refractivity contribution in [3.8, 4) is 0 Å². The van der Waals surface area contributed by atoms with Crippen molar-refractivity contribution in [3.05, 3.63) is 0 Å². The highest BCUT2D eigenvalue weighted by atomic mass is 79.9. The molecule has 0 aromatic rings. The Morgan fingerprint density at radius 3 is 2.64 bits per heavy atom. The van der Waals surface area contributed by atoms with Crippen molar-refractivity contribution in [2.75, 3.05) is 5.33 Å². The van der Waals surface area contributed by atoms with E-state index in [1.807, 2.05) is 0 Å². The van der Waals surface area contributed by atoms with E-state index in [1.54, 1.807) is 0 Å². The number of aliphatic hydroxyl groups excluding tert-OH is 1. The molecule has 80 valence electrons. The lowest BCUT2D eigenvalue weighted by atomic mass is 9.66. The molecule has 0 heterocycles. The number of ketones is 1. The molecule has 3 atom stereocenters. The van der Waals surface area contributed by atoms with Crippen LogP contribution in [0.15, 0.2) is 0 Å². The zero-order valence-electron chi connectivity index (χ0n) is 8.72. The van der Waals surface area contributed by atoms with E-state index in [1.165, 1.54) is 0 Å². The fourth-order valence-electron chi connectivity index (χ4n) is 3.62. The van der Waals surface area contributed by atoms with Gasteiger partial charge in [0, 0.05) is 11.8 Å². The molecule has 2 nitrogen and oxygen atoms in total. The standard InChI is InChI=1S/C11H17BrO2/c1-10(2)7-3-4-11(10,8(13)5-7)9(14)6-12/h7,9,14H,3-6H2,1-2H3. The van der Waals surface area contributed by atoms with E-state index in [2.05, 4.69) is 29.8 Å². The number of Topliss-reactive ketones (excluding diaryl/α,β-unsaturated/α-hetero) is 1. The van der Waals surface area contributed by atoms with Gasteiger partial charge in [-0.25, -0.2) is 0 Å². The van der Waals surface area contributed by atoms with Gasteiger partial charge in [0.2, 0.25) is 0 Å². The lowest BCUT2D eigenvalue weighted by Crippen LogP contribution is -2.47. The Morgan fingerprint density at radius 2 is 2.29 bits per heavy atom. The van der Waals surface area contributed by atoms with Crippen molar-refractivity contribution in [1.29, 1.82) is 0 Å². The lowest BCUT2D eigenvalue weighted by molar-refractivity contribution is -0.137. The molecule has 0 aromatic carbocycles. The van der Waals surface area contributed by atoms with E-state index in [4.69, 9.17) is 0 Å². The maximum Gasteiger partial charge on any atom is 0.142 e. The van der Waals surface area contributed by atoms with Crippen LogP contribution in [-0.4, -0.2) is 22.3 Å². The van der Waals surface area contributed by atoms with Crippen LogP contribution < -0.4 is 0 Å². The van der Waals surface area contributed by atoms with E-state index in [0.29, 0.717) is 17.7 Å². The lowest BCUT2D eigenvalue weighted by Gasteiger charge is -2.39. The molecule has 2 fully saturated rings. The molecule has 0 amide bonds. The van der Waals surface area contributed by atoms with Gasteiger partial charge in [0.15, 0.2) is 0 Å². The van der Waals surface area contributed by atoms with Crippen molar-refractivity contribution >= 4 is 21.7 Å². The summed E-state index contributed by atoms with van der Waals surface area (Å²) in [4.78, 5) is 12.0. The van der Waals surface area contributed by atoms with Crippen LogP contribution in [0.2, 0.25) is 0 Å². The largest absolute Gasteiger partial charge is 0.391 e. The summed E-state index contributed by atoms with van der Waals surface area (Å²) in [7, 11) is 0. The number of halogens is 1. The number of carbonyl (C=O) groups excluding carboxylic acids is 1. The average Bonchev–Trinajstić information content (AvgIpc) is 2.49. The molecular weight excluding hydrogens is 244 g/mol. The molecule has 2 rings (SSSR count). The van der Waals surface area contributed by atoms with Crippen molar-refractivity contribution in [3.63, 3.8) is 0 Å². The first-order valence-corrected chi connectivity index (χ1v) is 6.36. The number of carbonyl (C=O) groups is 1. The Kier molecular flexibility index (Phi) is 2.31. The Hall–Kier alpha value is 0.110. The van der Waals surface area contributed by atoms with Crippen LogP contribution in [-0.2, 0) is 4.79 Å². The summed E-state index contributed by atoms with van der Waals surface area (Å²) >= 11 is 3.30. The van der Waals surface area contributed by atoms with Gasteiger partial charge >= 0.3 is 0 Å². The van der Waals surface area contributed by atoms with Gasteiger partial charge in [0.05, 0.1) is 11.5 Å². The van der Waals surface area contributed by atoms with E-state index < -0.39 is 11.5 Å². The molecule has 3 unspecified atom stereocenters. The van der Waals surface area contributed by atoms with Gasteiger partial charge < -0.3 is 5.11 Å². The summed E-state index contributed by atoms with van der Waals surface area (Å²) < 4.78 is 0. The molecule has 2 aliphatic carbocycles. The predicted octanol–water partition coefficient (Wildman–Crippen LogP) is 2.14.